The van der Waals surface area contributed by atoms with Crippen molar-refractivity contribution in [3.8, 4) is 22.7 Å². The average molecular weight is 446 g/mol. The number of anilines is 1. The minimum Gasteiger partial charge on any atom is -0.368 e. The van der Waals surface area contributed by atoms with Crippen molar-refractivity contribution in [2.45, 2.75) is 31.7 Å². The summed E-state index contributed by atoms with van der Waals surface area (Å²) in [6, 6.07) is 4.05. The highest BCUT2D eigenvalue weighted by Gasteiger charge is 2.47. The standard InChI is InChI=1S/C23H27N9O/c1-23(17-4-5-17,18-6-7-19(25-13-18)15-10-26-22(24)27-11-15)21-29-20(33-30-21)16-12-28-32(14-16)9-8-31(2)3/h6-7,10-14,17H,4-5,8-9H2,1-3H3,(H2,24,26,27). The fraction of sp³-hybridized carbons (Fsp3) is 0.391. The van der Waals surface area contributed by atoms with Crippen molar-refractivity contribution in [1.82, 2.24) is 39.8 Å². The van der Waals surface area contributed by atoms with Crippen LogP contribution in [0.4, 0.5) is 5.95 Å². The van der Waals surface area contributed by atoms with Gasteiger partial charge in [-0.3, -0.25) is 9.67 Å². The molecule has 0 amide bonds. The Bertz CT molecular complexity index is 1230. The lowest BCUT2D eigenvalue weighted by atomic mass is 9.77. The summed E-state index contributed by atoms with van der Waals surface area (Å²) in [6.07, 6.45) is 11.2. The van der Waals surface area contributed by atoms with Crippen molar-refractivity contribution < 1.29 is 4.52 Å². The predicted octanol–water partition coefficient (Wildman–Crippen LogP) is 2.64. The van der Waals surface area contributed by atoms with Crippen LogP contribution in [-0.4, -0.2) is 60.4 Å². The molecule has 1 unspecified atom stereocenters. The summed E-state index contributed by atoms with van der Waals surface area (Å²) in [5, 5.41) is 8.80. The van der Waals surface area contributed by atoms with Gasteiger partial charge in [-0.25, -0.2) is 9.97 Å². The van der Waals surface area contributed by atoms with Crippen LogP contribution in [0.15, 0.2) is 47.6 Å². The fourth-order valence-electron chi connectivity index (χ4n) is 4.00. The van der Waals surface area contributed by atoms with Crippen LogP contribution in [-0.2, 0) is 12.0 Å². The van der Waals surface area contributed by atoms with E-state index in [1.807, 2.05) is 37.2 Å². The van der Waals surface area contributed by atoms with E-state index >= 15 is 0 Å². The highest BCUT2D eigenvalue weighted by Crippen LogP contribution is 2.50. The Hall–Kier alpha value is -3.66. The molecule has 170 valence electrons. The third-order valence-corrected chi connectivity index (χ3v) is 6.27. The van der Waals surface area contributed by atoms with Crippen LogP contribution in [0.1, 0.15) is 31.2 Å². The number of nitrogens with two attached hydrogens (primary N) is 1. The summed E-state index contributed by atoms with van der Waals surface area (Å²) in [7, 11) is 4.08. The van der Waals surface area contributed by atoms with Crippen LogP contribution < -0.4 is 5.73 Å². The molecule has 33 heavy (non-hydrogen) atoms. The van der Waals surface area contributed by atoms with Crippen molar-refractivity contribution in [3.63, 3.8) is 0 Å². The van der Waals surface area contributed by atoms with E-state index in [1.54, 1.807) is 18.6 Å². The molecule has 0 saturated heterocycles. The van der Waals surface area contributed by atoms with Crippen molar-refractivity contribution in [2.75, 3.05) is 26.4 Å². The Morgan fingerprint density at radius 3 is 2.55 bits per heavy atom. The molecule has 4 heterocycles. The van der Waals surface area contributed by atoms with E-state index in [0.29, 0.717) is 17.6 Å². The fourth-order valence-corrected chi connectivity index (χ4v) is 4.00. The zero-order valence-corrected chi connectivity index (χ0v) is 19.0. The van der Waals surface area contributed by atoms with Gasteiger partial charge in [0.1, 0.15) is 0 Å². The van der Waals surface area contributed by atoms with Gasteiger partial charge >= 0.3 is 0 Å². The molecule has 0 bridgehead atoms. The van der Waals surface area contributed by atoms with Gasteiger partial charge in [-0.1, -0.05) is 11.2 Å². The molecular weight excluding hydrogens is 418 g/mol. The van der Waals surface area contributed by atoms with Crippen LogP contribution in [0.25, 0.3) is 22.7 Å². The van der Waals surface area contributed by atoms with E-state index in [9.17, 15) is 0 Å². The van der Waals surface area contributed by atoms with Gasteiger partial charge in [-0.2, -0.15) is 10.1 Å². The second kappa shape index (κ2) is 8.36. The third kappa shape index (κ3) is 4.21. The quantitative estimate of drug-likeness (QED) is 0.436. The van der Waals surface area contributed by atoms with E-state index in [4.69, 9.17) is 15.2 Å². The summed E-state index contributed by atoms with van der Waals surface area (Å²) >= 11 is 0. The molecule has 4 aromatic heterocycles. The van der Waals surface area contributed by atoms with E-state index in [1.165, 1.54) is 0 Å². The lowest BCUT2D eigenvalue weighted by molar-refractivity contribution is 0.373. The third-order valence-electron chi connectivity index (χ3n) is 6.27. The van der Waals surface area contributed by atoms with E-state index < -0.39 is 0 Å². The number of hydrogen-bond donors (Lipinski definition) is 1. The van der Waals surface area contributed by atoms with Crippen LogP contribution in [0, 0.1) is 5.92 Å². The van der Waals surface area contributed by atoms with E-state index in [-0.39, 0.29) is 11.4 Å². The first kappa shape index (κ1) is 21.2. The van der Waals surface area contributed by atoms with E-state index in [0.717, 1.165) is 48.3 Å². The van der Waals surface area contributed by atoms with Crippen molar-refractivity contribution >= 4 is 5.95 Å². The molecule has 1 aliphatic rings. The molecule has 10 nitrogen and oxygen atoms in total. The number of likely N-dealkylation sites (N-methyl/N-ethyl adjacent to an activating group) is 1. The van der Waals surface area contributed by atoms with Gasteiger partial charge in [0.05, 0.1) is 29.4 Å². The Morgan fingerprint density at radius 1 is 1.09 bits per heavy atom. The smallest absolute Gasteiger partial charge is 0.261 e. The molecular formula is C23H27N9O. The number of hydrogen-bond acceptors (Lipinski definition) is 9. The summed E-state index contributed by atoms with van der Waals surface area (Å²) in [4.78, 5) is 19.7. The molecule has 0 aliphatic heterocycles. The maximum atomic E-state index is 5.67. The lowest BCUT2D eigenvalue weighted by Crippen LogP contribution is -2.28. The Morgan fingerprint density at radius 2 is 1.88 bits per heavy atom. The van der Waals surface area contributed by atoms with Crippen LogP contribution in [0.2, 0.25) is 0 Å². The highest BCUT2D eigenvalue weighted by molar-refractivity contribution is 5.58. The zero-order valence-electron chi connectivity index (χ0n) is 19.0. The topological polar surface area (TPSA) is 125 Å². The summed E-state index contributed by atoms with van der Waals surface area (Å²) < 4.78 is 7.56. The molecule has 1 atom stereocenters. The maximum Gasteiger partial charge on any atom is 0.261 e. The second-order valence-corrected chi connectivity index (χ2v) is 8.96. The summed E-state index contributed by atoms with van der Waals surface area (Å²) in [5.74, 6) is 1.84. The molecule has 5 rings (SSSR count). The average Bonchev–Trinajstić information content (AvgIpc) is 3.37. The molecule has 1 saturated carbocycles. The van der Waals surface area contributed by atoms with Crippen LogP contribution in [0.5, 0.6) is 0 Å². The number of nitrogen functional groups attached to an aromatic ring is 1. The zero-order chi connectivity index (χ0) is 23.0. The van der Waals surface area contributed by atoms with Gasteiger partial charge in [0.2, 0.25) is 5.95 Å². The molecule has 1 fully saturated rings. The Balaban J connectivity index is 1.41. The number of nitrogens with zero attached hydrogens (tertiary/aromatic N) is 8. The van der Waals surface area contributed by atoms with Gasteiger partial charge in [-0.15, -0.1) is 0 Å². The Labute approximate surface area is 191 Å². The highest BCUT2D eigenvalue weighted by atomic mass is 16.5. The monoisotopic (exact) mass is 445 g/mol. The normalized spacial score (nSPS) is 15.6. The number of aromatic nitrogens is 7. The van der Waals surface area contributed by atoms with Crippen LogP contribution in [0.3, 0.4) is 0 Å². The van der Waals surface area contributed by atoms with Gasteiger partial charge in [-0.05, 0) is 51.4 Å². The van der Waals surface area contributed by atoms with Crippen molar-refractivity contribution in [2.24, 2.45) is 5.92 Å². The maximum absolute atomic E-state index is 5.67. The molecule has 2 N–H and O–H groups in total. The molecule has 0 radical (unpaired) electrons. The predicted molar refractivity (Wildman–Crippen MR) is 123 cm³/mol. The largest absolute Gasteiger partial charge is 0.368 e. The first-order valence-corrected chi connectivity index (χ1v) is 11.0. The summed E-state index contributed by atoms with van der Waals surface area (Å²) in [5.41, 5.74) is 8.69. The van der Waals surface area contributed by atoms with Crippen LogP contribution >= 0.6 is 0 Å². The minimum absolute atomic E-state index is 0.243. The van der Waals surface area contributed by atoms with Crippen molar-refractivity contribution in [1.29, 1.82) is 0 Å². The number of rotatable bonds is 8. The SMILES string of the molecule is CN(C)CCn1cc(-c2nc(C(C)(c3ccc(-c4cnc(N)nc4)nc3)C3CC3)no2)cn1. The molecule has 0 aromatic carbocycles. The lowest BCUT2D eigenvalue weighted by Gasteiger charge is -2.26. The molecule has 10 heteroatoms. The molecule has 1 aliphatic carbocycles. The first-order chi connectivity index (χ1) is 15.9. The molecule has 0 spiro atoms. The Kier molecular flexibility index (Phi) is 5.37. The number of pyridine rings is 1. The van der Waals surface area contributed by atoms with Gasteiger partial charge < -0.3 is 15.2 Å². The first-order valence-electron chi connectivity index (χ1n) is 11.0. The van der Waals surface area contributed by atoms with Crippen molar-refractivity contribution in [3.05, 3.63) is 54.5 Å². The van der Waals surface area contributed by atoms with Gasteiger partial charge in [0.15, 0.2) is 5.82 Å². The van der Waals surface area contributed by atoms with Gasteiger partial charge in [0, 0.05) is 36.9 Å². The van der Waals surface area contributed by atoms with Gasteiger partial charge in [0.25, 0.3) is 5.89 Å². The summed E-state index contributed by atoms with van der Waals surface area (Å²) in [6.45, 7) is 3.87. The van der Waals surface area contributed by atoms with E-state index in [2.05, 4.69) is 43.1 Å². The second-order valence-electron chi connectivity index (χ2n) is 8.96. The molecule has 4 aromatic rings. The minimum atomic E-state index is -0.383.